The topological polar surface area (TPSA) is 185 Å². The summed E-state index contributed by atoms with van der Waals surface area (Å²) in [6.45, 7) is 5.73. The normalized spacial score (nSPS) is 16.9. The van der Waals surface area contributed by atoms with E-state index in [4.69, 9.17) is 5.11 Å². The minimum absolute atomic E-state index is 0.176. The van der Waals surface area contributed by atoms with Gasteiger partial charge in [0.05, 0.1) is 18.3 Å². The lowest BCUT2D eigenvalue weighted by atomic mass is 10.1. The maximum absolute atomic E-state index is 12.6. The Morgan fingerprint density at radius 3 is 1.52 bits per heavy atom. The minimum Gasteiger partial charge on any atom is -0.480 e. The van der Waals surface area contributed by atoms with Gasteiger partial charge in [-0.2, -0.15) is 0 Å². The zero-order chi connectivity index (χ0) is 24.1. The predicted molar refractivity (Wildman–Crippen MR) is 112 cm³/mol. The summed E-state index contributed by atoms with van der Waals surface area (Å²) in [4.78, 5) is 48.2. The predicted octanol–water partition coefficient (Wildman–Crippen LogP) is -0.972. The SMILES string of the molecule is CCCCCCCC(=O)N[C@H](C(=O)N[C@H](C(=O)N[C@H](C(=O)O)[C@@H](C)O)[C@@H](C)O)[C@@H](C)O. The number of carboxylic acids is 1. The van der Waals surface area contributed by atoms with E-state index in [1.165, 1.54) is 13.8 Å². The van der Waals surface area contributed by atoms with Crippen molar-refractivity contribution >= 4 is 23.7 Å². The fourth-order valence-corrected chi connectivity index (χ4v) is 2.82. The van der Waals surface area contributed by atoms with Gasteiger partial charge in [0.25, 0.3) is 0 Å². The third-order valence-electron chi connectivity index (χ3n) is 4.70. The van der Waals surface area contributed by atoms with Gasteiger partial charge in [-0.1, -0.05) is 32.6 Å². The van der Waals surface area contributed by atoms with Crippen molar-refractivity contribution in [2.75, 3.05) is 0 Å². The average molecular weight is 448 g/mol. The molecule has 0 saturated heterocycles. The number of aliphatic hydroxyl groups is 3. The first kappa shape index (κ1) is 28.8. The van der Waals surface area contributed by atoms with Crippen LogP contribution in [0.15, 0.2) is 0 Å². The van der Waals surface area contributed by atoms with E-state index in [9.17, 15) is 34.5 Å². The van der Waals surface area contributed by atoms with Gasteiger partial charge in [-0.05, 0) is 27.2 Å². The monoisotopic (exact) mass is 447 g/mol. The number of carbonyl (C=O) groups excluding carboxylic acids is 3. The number of aliphatic hydroxyl groups excluding tert-OH is 3. The van der Waals surface area contributed by atoms with E-state index >= 15 is 0 Å². The zero-order valence-electron chi connectivity index (χ0n) is 18.6. The molecule has 11 heteroatoms. The molecule has 0 unspecified atom stereocenters. The number of rotatable bonds is 15. The fourth-order valence-electron chi connectivity index (χ4n) is 2.82. The van der Waals surface area contributed by atoms with E-state index in [2.05, 4.69) is 17.6 Å². The molecule has 6 atom stereocenters. The summed E-state index contributed by atoms with van der Waals surface area (Å²) < 4.78 is 0. The van der Waals surface area contributed by atoms with Crippen LogP contribution in [-0.4, -0.2) is 80.6 Å². The second kappa shape index (κ2) is 14.7. The molecule has 0 fully saturated rings. The average Bonchev–Trinajstić information content (AvgIpc) is 2.66. The second-order valence-corrected chi connectivity index (χ2v) is 7.74. The minimum atomic E-state index is -1.65. The van der Waals surface area contributed by atoms with E-state index < -0.39 is 60.1 Å². The van der Waals surface area contributed by atoms with Crippen LogP contribution in [0.4, 0.5) is 0 Å². The summed E-state index contributed by atoms with van der Waals surface area (Å²) in [6.07, 6.45) is 0.685. The maximum Gasteiger partial charge on any atom is 0.328 e. The fraction of sp³-hybridized carbons (Fsp3) is 0.800. The number of amides is 3. The highest BCUT2D eigenvalue weighted by Gasteiger charge is 2.34. The standard InChI is InChI=1S/C20H37N3O8/c1-5-6-7-8-9-10-14(27)21-15(11(2)24)18(28)22-16(12(3)25)19(29)23-17(13(4)26)20(30)31/h11-13,15-17,24-26H,5-10H2,1-4H3,(H,21,27)(H,22,28)(H,23,29)(H,30,31)/t11-,12-,13-,15+,16+,17+/m1/s1. The first-order valence-corrected chi connectivity index (χ1v) is 10.6. The number of carbonyl (C=O) groups is 4. The molecular weight excluding hydrogens is 410 g/mol. The van der Waals surface area contributed by atoms with Crippen molar-refractivity contribution in [1.82, 2.24) is 16.0 Å². The molecule has 0 heterocycles. The van der Waals surface area contributed by atoms with Gasteiger partial charge in [-0.25, -0.2) is 4.79 Å². The van der Waals surface area contributed by atoms with Gasteiger partial charge in [-0.15, -0.1) is 0 Å². The van der Waals surface area contributed by atoms with Crippen LogP contribution in [0.1, 0.15) is 66.2 Å². The van der Waals surface area contributed by atoms with Crippen molar-refractivity contribution in [3.05, 3.63) is 0 Å². The molecule has 0 aliphatic heterocycles. The van der Waals surface area contributed by atoms with Crippen LogP contribution < -0.4 is 16.0 Å². The van der Waals surface area contributed by atoms with Crippen molar-refractivity contribution in [2.45, 2.75) is 103 Å². The molecule has 0 aromatic heterocycles. The molecular formula is C20H37N3O8. The lowest BCUT2D eigenvalue weighted by molar-refractivity contribution is -0.146. The van der Waals surface area contributed by atoms with Crippen molar-refractivity contribution < 1.29 is 39.6 Å². The van der Waals surface area contributed by atoms with Gasteiger partial charge in [0, 0.05) is 6.42 Å². The zero-order valence-corrected chi connectivity index (χ0v) is 18.6. The molecule has 0 bridgehead atoms. The van der Waals surface area contributed by atoms with Crippen LogP contribution in [0.25, 0.3) is 0 Å². The lowest BCUT2D eigenvalue weighted by Gasteiger charge is -2.27. The highest BCUT2D eigenvalue weighted by atomic mass is 16.4. The van der Waals surface area contributed by atoms with Crippen LogP contribution in [-0.2, 0) is 19.2 Å². The molecule has 3 amide bonds. The molecule has 0 aliphatic carbocycles. The Labute approximate surface area is 182 Å². The number of nitrogens with one attached hydrogen (secondary N) is 3. The van der Waals surface area contributed by atoms with Gasteiger partial charge in [-0.3, -0.25) is 14.4 Å². The Balaban J connectivity index is 5.05. The second-order valence-electron chi connectivity index (χ2n) is 7.74. The van der Waals surface area contributed by atoms with E-state index in [-0.39, 0.29) is 6.42 Å². The Morgan fingerprint density at radius 2 is 1.10 bits per heavy atom. The quantitative estimate of drug-likeness (QED) is 0.156. The Bertz CT molecular complexity index is 595. The summed E-state index contributed by atoms with van der Waals surface area (Å²) in [5.41, 5.74) is 0. The largest absolute Gasteiger partial charge is 0.480 e. The lowest BCUT2D eigenvalue weighted by Crippen LogP contribution is -2.61. The molecule has 7 N–H and O–H groups in total. The van der Waals surface area contributed by atoms with Gasteiger partial charge >= 0.3 is 5.97 Å². The van der Waals surface area contributed by atoms with Gasteiger partial charge in [0.2, 0.25) is 17.7 Å². The third-order valence-corrected chi connectivity index (χ3v) is 4.70. The molecule has 0 spiro atoms. The van der Waals surface area contributed by atoms with Crippen LogP contribution in [0, 0.1) is 0 Å². The molecule has 0 radical (unpaired) electrons. The summed E-state index contributed by atoms with van der Waals surface area (Å²) >= 11 is 0. The van der Waals surface area contributed by atoms with Gasteiger partial charge in [0.1, 0.15) is 12.1 Å². The van der Waals surface area contributed by atoms with Crippen molar-refractivity contribution in [2.24, 2.45) is 0 Å². The molecule has 0 saturated carbocycles. The third kappa shape index (κ3) is 11.1. The van der Waals surface area contributed by atoms with Crippen LogP contribution in [0.3, 0.4) is 0 Å². The number of hydrogen-bond donors (Lipinski definition) is 7. The van der Waals surface area contributed by atoms with Gasteiger partial charge in [0.15, 0.2) is 6.04 Å². The highest BCUT2D eigenvalue weighted by Crippen LogP contribution is 2.06. The molecule has 0 aliphatic rings. The van der Waals surface area contributed by atoms with E-state index in [1.807, 2.05) is 5.32 Å². The first-order chi connectivity index (χ1) is 14.4. The van der Waals surface area contributed by atoms with E-state index in [1.54, 1.807) is 0 Å². The van der Waals surface area contributed by atoms with Crippen LogP contribution in [0.2, 0.25) is 0 Å². The molecule has 180 valence electrons. The highest BCUT2D eigenvalue weighted by molar-refractivity contribution is 5.94. The van der Waals surface area contributed by atoms with Crippen molar-refractivity contribution in [1.29, 1.82) is 0 Å². The Kier molecular flexibility index (Phi) is 13.6. The number of carboxylic acid groups (broad SMARTS) is 1. The number of aliphatic carboxylic acids is 1. The smallest absolute Gasteiger partial charge is 0.328 e. The molecule has 0 rings (SSSR count). The Morgan fingerprint density at radius 1 is 0.677 bits per heavy atom. The number of hydrogen-bond acceptors (Lipinski definition) is 7. The molecule has 0 aromatic rings. The molecule has 11 nitrogen and oxygen atoms in total. The van der Waals surface area contributed by atoms with Crippen molar-refractivity contribution in [3.63, 3.8) is 0 Å². The summed E-state index contributed by atoms with van der Waals surface area (Å²) in [5.74, 6) is -3.88. The number of unbranched alkanes of at least 4 members (excludes halogenated alkanes) is 4. The van der Waals surface area contributed by atoms with E-state index in [0.717, 1.165) is 32.6 Å². The summed E-state index contributed by atoms with van der Waals surface area (Å²) in [5, 5.41) is 45.0. The Hall–Kier alpha value is -2.24. The maximum atomic E-state index is 12.6. The summed E-state index contributed by atoms with van der Waals surface area (Å²) in [7, 11) is 0. The van der Waals surface area contributed by atoms with Gasteiger partial charge < -0.3 is 36.4 Å². The van der Waals surface area contributed by atoms with Crippen molar-refractivity contribution in [3.8, 4) is 0 Å². The van der Waals surface area contributed by atoms with E-state index in [0.29, 0.717) is 6.42 Å². The first-order valence-electron chi connectivity index (χ1n) is 10.6. The molecule has 0 aromatic carbocycles. The molecule has 31 heavy (non-hydrogen) atoms. The van der Waals surface area contributed by atoms with Crippen LogP contribution >= 0.6 is 0 Å². The van der Waals surface area contributed by atoms with Crippen LogP contribution in [0.5, 0.6) is 0 Å². The summed E-state index contributed by atoms with van der Waals surface area (Å²) in [6, 6.07) is -4.59.